The fourth-order valence-corrected chi connectivity index (χ4v) is 3.27. The predicted molar refractivity (Wildman–Crippen MR) is 116 cm³/mol. The van der Waals surface area contributed by atoms with Crippen LogP contribution in [0, 0.1) is 0 Å². The van der Waals surface area contributed by atoms with E-state index in [4.69, 9.17) is 4.42 Å². The van der Waals surface area contributed by atoms with Gasteiger partial charge in [-0.3, -0.25) is 0 Å². The zero-order valence-corrected chi connectivity index (χ0v) is 17.3. The van der Waals surface area contributed by atoms with Crippen LogP contribution < -0.4 is 0 Å². The average molecular weight is 359 g/mol. The molecule has 0 aliphatic carbocycles. The molecule has 0 atom stereocenters. The van der Waals surface area contributed by atoms with Gasteiger partial charge in [-0.25, -0.2) is 0 Å². The third-order valence-corrected chi connectivity index (χ3v) is 4.96. The molecule has 0 spiro atoms. The van der Waals surface area contributed by atoms with Gasteiger partial charge >= 0.3 is 0 Å². The first-order valence-corrected chi connectivity index (χ1v) is 11.3. The minimum Gasteiger partial charge on any atom is -0.465 e. The second-order valence-electron chi connectivity index (χ2n) is 7.50. The highest BCUT2D eigenvalue weighted by molar-refractivity contribution is 5.41. The van der Waals surface area contributed by atoms with Gasteiger partial charge in [0.15, 0.2) is 0 Å². The Bertz CT molecular complexity index is 427. The van der Waals surface area contributed by atoms with Crippen molar-refractivity contribution in [1.29, 1.82) is 0 Å². The van der Waals surface area contributed by atoms with Gasteiger partial charge < -0.3 is 4.42 Å². The SMILES string of the molecule is CCCCCCCC/C=C/CCCCCCCCC/C=C/c1ccco1. The first kappa shape index (κ1) is 22.8. The van der Waals surface area contributed by atoms with Crippen molar-refractivity contribution in [2.75, 3.05) is 0 Å². The van der Waals surface area contributed by atoms with Crippen LogP contribution in [0.5, 0.6) is 0 Å². The normalized spacial score (nSPS) is 11.9. The molecule has 0 fully saturated rings. The predicted octanol–water partition coefficient (Wildman–Crippen LogP) is 9.11. The van der Waals surface area contributed by atoms with Gasteiger partial charge in [-0.05, 0) is 56.7 Å². The summed E-state index contributed by atoms with van der Waals surface area (Å²) in [6.45, 7) is 2.28. The molecule has 0 saturated heterocycles. The summed E-state index contributed by atoms with van der Waals surface area (Å²) in [7, 11) is 0. The number of rotatable bonds is 18. The lowest BCUT2D eigenvalue weighted by Gasteiger charge is -2.00. The summed E-state index contributed by atoms with van der Waals surface area (Å²) in [4.78, 5) is 0. The Morgan fingerprint density at radius 2 is 1.15 bits per heavy atom. The van der Waals surface area contributed by atoms with Crippen LogP contribution in [-0.2, 0) is 0 Å². The Balaban J connectivity index is 1.73. The number of allylic oxidation sites excluding steroid dienone is 3. The maximum Gasteiger partial charge on any atom is 0.126 e. The quantitative estimate of drug-likeness (QED) is 0.188. The first-order valence-electron chi connectivity index (χ1n) is 11.3. The van der Waals surface area contributed by atoms with Crippen molar-refractivity contribution < 1.29 is 4.42 Å². The van der Waals surface area contributed by atoms with E-state index in [9.17, 15) is 0 Å². The number of hydrogen-bond acceptors (Lipinski definition) is 1. The van der Waals surface area contributed by atoms with Gasteiger partial charge in [0.25, 0.3) is 0 Å². The molecule has 0 radical (unpaired) electrons. The molecular formula is C25H42O. The molecule has 0 unspecified atom stereocenters. The summed E-state index contributed by atoms with van der Waals surface area (Å²) < 4.78 is 5.28. The van der Waals surface area contributed by atoms with Crippen molar-refractivity contribution in [1.82, 2.24) is 0 Å². The van der Waals surface area contributed by atoms with Crippen molar-refractivity contribution in [3.05, 3.63) is 42.4 Å². The summed E-state index contributed by atoms with van der Waals surface area (Å²) in [5, 5.41) is 0. The van der Waals surface area contributed by atoms with Crippen molar-refractivity contribution in [2.24, 2.45) is 0 Å². The molecule has 1 aromatic heterocycles. The zero-order chi connectivity index (χ0) is 18.5. The lowest BCUT2D eigenvalue weighted by molar-refractivity contribution is 0.556. The van der Waals surface area contributed by atoms with E-state index in [1.165, 1.54) is 103 Å². The zero-order valence-electron chi connectivity index (χ0n) is 17.3. The highest BCUT2D eigenvalue weighted by Gasteiger charge is 1.92. The fourth-order valence-electron chi connectivity index (χ4n) is 3.27. The third-order valence-electron chi connectivity index (χ3n) is 4.96. The molecule has 0 bridgehead atoms. The van der Waals surface area contributed by atoms with E-state index in [0.29, 0.717) is 0 Å². The number of furan rings is 1. The van der Waals surface area contributed by atoms with E-state index in [-0.39, 0.29) is 0 Å². The molecule has 0 aliphatic heterocycles. The number of hydrogen-bond donors (Lipinski definition) is 0. The van der Waals surface area contributed by atoms with Crippen molar-refractivity contribution in [3.8, 4) is 0 Å². The smallest absolute Gasteiger partial charge is 0.126 e. The van der Waals surface area contributed by atoms with E-state index < -0.39 is 0 Å². The van der Waals surface area contributed by atoms with Gasteiger partial charge in [-0.2, -0.15) is 0 Å². The molecule has 0 aromatic carbocycles. The van der Waals surface area contributed by atoms with Crippen LogP contribution in [0.4, 0.5) is 0 Å². The molecule has 26 heavy (non-hydrogen) atoms. The van der Waals surface area contributed by atoms with Gasteiger partial charge in [0.2, 0.25) is 0 Å². The minimum atomic E-state index is 0.964. The largest absolute Gasteiger partial charge is 0.465 e. The molecule has 1 nitrogen and oxygen atoms in total. The average Bonchev–Trinajstić information content (AvgIpc) is 3.17. The van der Waals surface area contributed by atoms with Gasteiger partial charge in [-0.1, -0.05) is 89.4 Å². The maximum atomic E-state index is 5.28. The van der Waals surface area contributed by atoms with E-state index >= 15 is 0 Å². The Kier molecular flexibility index (Phi) is 16.3. The molecule has 1 heterocycles. The topological polar surface area (TPSA) is 13.1 Å². The van der Waals surface area contributed by atoms with Crippen LogP contribution >= 0.6 is 0 Å². The molecule has 0 aliphatic rings. The lowest BCUT2D eigenvalue weighted by atomic mass is 10.1. The first-order chi connectivity index (χ1) is 12.9. The van der Waals surface area contributed by atoms with Gasteiger partial charge in [-0.15, -0.1) is 0 Å². The van der Waals surface area contributed by atoms with Gasteiger partial charge in [0.1, 0.15) is 5.76 Å². The number of unbranched alkanes of at least 4 members (excludes halogenated alkanes) is 14. The Labute approximate surface area is 163 Å². The second-order valence-corrected chi connectivity index (χ2v) is 7.50. The summed E-state index contributed by atoms with van der Waals surface area (Å²) in [5.41, 5.74) is 0. The van der Waals surface area contributed by atoms with Crippen molar-refractivity contribution in [3.63, 3.8) is 0 Å². The molecule has 1 aromatic rings. The van der Waals surface area contributed by atoms with Crippen LogP contribution in [0.25, 0.3) is 6.08 Å². The van der Waals surface area contributed by atoms with Crippen LogP contribution in [0.3, 0.4) is 0 Å². The maximum absolute atomic E-state index is 5.28. The summed E-state index contributed by atoms with van der Waals surface area (Å²) in [6, 6.07) is 3.94. The summed E-state index contributed by atoms with van der Waals surface area (Å²) >= 11 is 0. The van der Waals surface area contributed by atoms with E-state index in [1.807, 2.05) is 12.1 Å². The summed E-state index contributed by atoms with van der Waals surface area (Å²) in [6.07, 6.45) is 32.7. The highest BCUT2D eigenvalue weighted by Crippen LogP contribution is 2.12. The summed E-state index contributed by atoms with van der Waals surface area (Å²) in [5.74, 6) is 0.964. The van der Waals surface area contributed by atoms with Crippen molar-refractivity contribution >= 4 is 6.08 Å². The molecule has 0 amide bonds. The van der Waals surface area contributed by atoms with E-state index in [2.05, 4.69) is 31.2 Å². The van der Waals surface area contributed by atoms with Crippen LogP contribution in [0.1, 0.15) is 115 Å². The van der Waals surface area contributed by atoms with Crippen molar-refractivity contribution in [2.45, 2.75) is 110 Å². The Morgan fingerprint density at radius 3 is 1.65 bits per heavy atom. The standard InChI is InChI=1S/C25H42O/c1-2-3-4-5-6-7-8-9-10-11-12-13-14-15-16-17-18-19-20-22-25-23-21-24-26-25/h9-10,20-24H,2-8,11-19H2,1H3/b10-9+,22-20+. The van der Waals surface area contributed by atoms with Gasteiger partial charge in [0.05, 0.1) is 6.26 Å². The molecule has 0 N–H and O–H groups in total. The molecule has 0 saturated carbocycles. The van der Waals surface area contributed by atoms with Crippen LogP contribution in [0.2, 0.25) is 0 Å². The Morgan fingerprint density at radius 1 is 0.654 bits per heavy atom. The third kappa shape index (κ3) is 15.0. The van der Waals surface area contributed by atoms with E-state index in [1.54, 1.807) is 6.26 Å². The van der Waals surface area contributed by atoms with Gasteiger partial charge in [0, 0.05) is 0 Å². The minimum absolute atomic E-state index is 0.964. The second kappa shape index (κ2) is 18.5. The lowest BCUT2D eigenvalue weighted by Crippen LogP contribution is -1.80. The van der Waals surface area contributed by atoms with Crippen LogP contribution in [0.15, 0.2) is 41.0 Å². The Hall–Kier alpha value is -1.24. The monoisotopic (exact) mass is 358 g/mol. The molecule has 1 heteroatoms. The van der Waals surface area contributed by atoms with Crippen LogP contribution in [-0.4, -0.2) is 0 Å². The fraction of sp³-hybridized carbons (Fsp3) is 0.680. The molecular weight excluding hydrogens is 316 g/mol. The van der Waals surface area contributed by atoms with E-state index in [0.717, 1.165) is 5.76 Å². The molecule has 148 valence electrons. The molecule has 1 rings (SSSR count). The highest BCUT2D eigenvalue weighted by atomic mass is 16.3.